The highest BCUT2D eigenvalue weighted by atomic mass is 19.1. The van der Waals surface area contributed by atoms with Gasteiger partial charge in [-0.2, -0.15) is 0 Å². The Balaban J connectivity index is 2.18. The molecule has 0 aromatic heterocycles. The zero-order valence-corrected chi connectivity index (χ0v) is 10.1. The lowest BCUT2D eigenvalue weighted by molar-refractivity contribution is -0.139. The van der Waals surface area contributed by atoms with E-state index in [9.17, 15) is 14.3 Å². The van der Waals surface area contributed by atoms with Crippen LogP contribution in [-0.4, -0.2) is 44.0 Å². The summed E-state index contributed by atoms with van der Waals surface area (Å²) in [6.45, 7) is 0.292. The van der Waals surface area contributed by atoms with Crippen LogP contribution in [0.3, 0.4) is 0 Å². The van der Waals surface area contributed by atoms with Gasteiger partial charge < -0.3 is 19.9 Å². The first kappa shape index (κ1) is 14.4. The molecule has 0 saturated heterocycles. The van der Waals surface area contributed by atoms with Gasteiger partial charge in [-0.1, -0.05) is 0 Å². The van der Waals surface area contributed by atoms with Crippen LogP contribution in [0.2, 0.25) is 0 Å². The molecule has 0 aliphatic carbocycles. The molecule has 5 nitrogen and oxygen atoms in total. The van der Waals surface area contributed by atoms with Crippen LogP contribution in [0.4, 0.5) is 4.39 Å². The van der Waals surface area contributed by atoms with Gasteiger partial charge >= 0.3 is 5.97 Å². The standard InChI is InChI=1S/C12H16FNO4/c1-17-12(16)7-14-6-10(15)8-18-11-4-2-9(13)3-5-11/h2-5,10,14-15H,6-8H2,1H3. The Kier molecular flexibility index (Phi) is 6.10. The molecule has 0 spiro atoms. The molecule has 0 saturated carbocycles. The van der Waals surface area contributed by atoms with Crippen molar-refractivity contribution in [1.82, 2.24) is 5.32 Å². The topological polar surface area (TPSA) is 67.8 Å². The minimum absolute atomic E-state index is 0.0319. The summed E-state index contributed by atoms with van der Waals surface area (Å²) in [5.74, 6) is -0.271. The lowest BCUT2D eigenvalue weighted by atomic mass is 10.3. The molecule has 0 aliphatic heterocycles. The molecule has 6 heteroatoms. The fourth-order valence-electron chi connectivity index (χ4n) is 1.20. The molecular formula is C12H16FNO4. The summed E-state index contributed by atoms with van der Waals surface area (Å²) < 4.78 is 22.3. The number of hydrogen-bond donors (Lipinski definition) is 2. The Hall–Kier alpha value is -1.66. The van der Waals surface area contributed by atoms with Gasteiger partial charge in [0.1, 0.15) is 24.3 Å². The molecule has 0 amide bonds. The second-order valence-corrected chi connectivity index (χ2v) is 3.63. The molecule has 1 aromatic rings. The van der Waals surface area contributed by atoms with E-state index in [-0.39, 0.29) is 25.5 Å². The fraction of sp³-hybridized carbons (Fsp3) is 0.417. The van der Waals surface area contributed by atoms with E-state index in [1.807, 2.05) is 0 Å². The molecule has 0 heterocycles. The van der Waals surface area contributed by atoms with Gasteiger partial charge in [0, 0.05) is 6.54 Å². The van der Waals surface area contributed by atoms with E-state index in [2.05, 4.69) is 10.1 Å². The van der Waals surface area contributed by atoms with E-state index in [1.54, 1.807) is 0 Å². The van der Waals surface area contributed by atoms with Crippen molar-refractivity contribution >= 4 is 5.97 Å². The Morgan fingerprint density at radius 2 is 2.11 bits per heavy atom. The Morgan fingerprint density at radius 1 is 1.44 bits per heavy atom. The van der Waals surface area contributed by atoms with Gasteiger partial charge in [-0.15, -0.1) is 0 Å². The number of aliphatic hydroxyl groups is 1. The Morgan fingerprint density at radius 3 is 2.72 bits per heavy atom. The quantitative estimate of drug-likeness (QED) is 0.689. The molecule has 0 bridgehead atoms. The second-order valence-electron chi connectivity index (χ2n) is 3.63. The van der Waals surface area contributed by atoms with Crippen LogP contribution < -0.4 is 10.1 Å². The van der Waals surface area contributed by atoms with E-state index in [0.717, 1.165) is 0 Å². The SMILES string of the molecule is COC(=O)CNCC(O)COc1ccc(F)cc1. The van der Waals surface area contributed by atoms with Crippen molar-refractivity contribution in [2.45, 2.75) is 6.10 Å². The lowest BCUT2D eigenvalue weighted by Crippen LogP contribution is -2.34. The highest BCUT2D eigenvalue weighted by molar-refractivity contribution is 5.71. The number of aliphatic hydroxyl groups excluding tert-OH is 1. The maximum Gasteiger partial charge on any atom is 0.319 e. The molecule has 1 atom stereocenters. The van der Waals surface area contributed by atoms with Crippen molar-refractivity contribution in [3.63, 3.8) is 0 Å². The zero-order valence-electron chi connectivity index (χ0n) is 10.1. The van der Waals surface area contributed by atoms with Crippen molar-refractivity contribution in [2.75, 3.05) is 26.8 Å². The van der Waals surface area contributed by atoms with E-state index < -0.39 is 12.1 Å². The molecule has 1 unspecified atom stereocenters. The van der Waals surface area contributed by atoms with Gasteiger partial charge in [0.25, 0.3) is 0 Å². The Labute approximate surface area is 105 Å². The largest absolute Gasteiger partial charge is 0.491 e. The molecule has 0 radical (unpaired) electrons. The van der Waals surface area contributed by atoms with E-state index >= 15 is 0 Å². The second kappa shape index (κ2) is 7.62. The number of benzene rings is 1. The van der Waals surface area contributed by atoms with Crippen molar-refractivity contribution in [1.29, 1.82) is 0 Å². The number of carbonyl (C=O) groups excluding carboxylic acids is 1. The van der Waals surface area contributed by atoms with Crippen LogP contribution in [0.25, 0.3) is 0 Å². The summed E-state index contributed by atoms with van der Waals surface area (Å²) in [7, 11) is 1.29. The van der Waals surface area contributed by atoms with Crippen molar-refractivity contribution in [3.05, 3.63) is 30.1 Å². The number of esters is 1. The summed E-state index contributed by atoms with van der Waals surface area (Å²) in [4.78, 5) is 10.8. The number of nitrogens with one attached hydrogen (secondary N) is 1. The number of rotatable bonds is 7. The molecule has 1 aromatic carbocycles. The first-order valence-corrected chi connectivity index (χ1v) is 5.46. The highest BCUT2D eigenvalue weighted by Gasteiger charge is 2.06. The van der Waals surface area contributed by atoms with Gasteiger partial charge in [-0.3, -0.25) is 4.79 Å². The van der Waals surface area contributed by atoms with Crippen LogP contribution in [0, 0.1) is 5.82 Å². The van der Waals surface area contributed by atoms with Crippen molar-refractivity contribution in [2.24, 2.45) is 0 Å². The normalized spacial score (nSPS) is 11.9. The molecule has 0 fully saturated rings. The monoisotopic (exact) mass is 257 g/mol. The molecule has 18 heavy (non-hydrogen) atoms. The summed E-state index contributed by atoms with van der Waals surface area (Å²) in [5, 5.41) is 12.3. The smallest absolute Gasteiger partial charge is 0.319 e. The molecule has 1 rings (SSSR count). The third-order valence-corrected chi connectivity index (χ3v) is 2.13. The number of carbonyl (C=O) groups is 1. The van der Waals surface area contributed by atoms with Crippen LogP contribution in [-0.2, 0) is 9.53 Å². The van der Waals surface area contributed by atoms with Gasteiger partial charge in [0.2, 0.25) is 0 Å². The zero-order chi connectivity index (χ0) is 13.4. The summed E-state index contributed by atoms with van der Waals surface area (Å²) in [5.41, 5.74) is 0. The van der Waals surface area contributed by atoms with Crippen LogP contribution in [0.5, 0.6) is 5.75 Å². The number of halogens is 1. The maximum atomic E-state index is 12.6. The van der Waals surface area contributed by atoms with Gasteiger partial charge in [-0.25, -0.2) is 4.39 Å². The summed E-state index contributed by atoms with van der Waals surface area (Å²) in [6.07, 6.45) is -0.764. The lowest BCUT2D eigenvalue weighted by Gasteiger charge is -2.12. The summed E-state index contributed by atoms with van der Waals surface area (Å²) >= 11 is 0. The maximum absolute atomic E-state index is 12.6. The fourth-order valence-corrected chi connectivity index (χ4v) is 1.20. The van der Waals surface area contributed by atoms with Crippen LogP contribution in [0.15, 0.2) is 24.3 Å². The summed E-state index contributed by atoms with van der Waals surface area (Å²) in [6, 6.07) is 5.50. The highest BCUT2D eigenvalue weighted by Crippen LogP contribution is 2.10. The van der Waals surface area contributed by atoms with Gasteiger partial charge in [0.15, 0.2) is 0 Å². The van der Waals surface area contributed by atoms with E-state index in [4.69, 9.17) is 4.74 Å². The molecule has 0 aliphatic rings. The average Bonchev–Trinajstić information content (AvgIpc) is 2.38. The molecular weight excluding hydrogens is 241 g/mol. The van der Waals surface area contributed by atoms with Crippen molar-refractivity contribution < 1.29 is 23.8 Å². The third-order valence-electron chi connectivity index (χ3n) is 2.13. The number of hydrogen-bond acceptors (Lipinski definition) is 5. The number of methoxy groups -OCH3 is 1. The first-order valence-electron chi connectivity index (χ1n) is 5.46. The molecule has 100 valence electrons. The predicted octanol–water partition coefficient (Wildman–Crippen LogP) is 0.328. The van der Waals surface area contributed by atoms with Crippen LogP contribution >= 0.6 is 0 Å². The Bertz CT molecular complexity index is 369. The first-order chi connectivity index (χ1) is 8.61. The minimum atomic E-state index is -0.764. The van der Waals surface area contributed by atoms with E-state index in [0.29, 0.717) is 5.75 Å². The minimum Gasteiger partial charge on any atom is -0.491 e. The van der Waals surface area contributed by atoms with Gasteiger partial charge in [0.05, 0.1) is 13.7 Å². The number of ether oxygens (including phenoxy) is 2. The van der Waals surface area contributed by atoms with Gasteiger partial charge in [-0.05, 0) is 24.3 Å². The average molecular weight is 257 g/mol. The van der Waals surface area contributed by atoms with Crippen molar-refractivity contribution in [3.8, 4) is 5.75 Å². The molecule has 2 N–H and O–H groups in total. The predicted molar refractivity (Wildman–Crippen MR) is 62.8 cm³/mol. The van der Waals surface area contributed by atoms with Crippen LogP contribution in [0.1, 0.15) is 0 Å². The van der Waals surface area contributed by atoms with E-state index in [1.165, 1.54) is 31.4 Å². The third kappa shape index (κ3) is 5.60.